The van der Waals surface area contributed by atoms with Gasteiger partial charge in [-0.15, -0.1) is 22.7 Å². The number of ketones is 1. The molecule has 4 heterocycles. The molecule has 2 aliphatic rings. The highest BCUT2D eigenvalue weighted by molar-refractivity contribution is 7.14. The van der Waals surface area contributed by atoms with Crippen molar-refractivity contribution in [3.63, 3.8) is 0 Å². The number of fused-ring (bicyclic) bond motifs is 1. The van der Waals surface area contributed by atoms with Crippen molar-refractivity contribution >= 4 is 45.4 Å². The molecule has 5 rings (SSSR count). The van der Waals surface area contributed by atoms with Crippen molar-refractivity contribution in [1.82, 2.24) is 14.8 Å². The summed E-state index contributed by atoms with van der Waals surface area (Å²) in [6, 6.07) is 11.1. The van der Waals surface area contributed by atoms with Crippen molar-refractivity contribution in [2.45, 2.75) is 38.8 Å². The third kappa shape index (κ3) is 5.32. The van der Waals surface area contributed by atoms with Gasteiger partial charge in [0, 0.05) is 44.5 Å². The Balaban J connectivity index is 1.27. The molecule has 0 aliphatic carbocycles. The van der Waals surface area contributed by atoms with Gasteiger partial charge in [0.1, 0.15) is 11.4 Å². The average molecular weight is 539 g/mol. The average Bonchev–Trinajstić information content (AvgIpc) is 3.70. The van der Waals surface area contributed by atoms with Crippen molar-refractivity contribution in [2.24, 2.45) is 0 Å². The number of likely N-dealkylation sites (tertiary alicyclic amines) is 1. The number of hydrogen-bond donors (Lipinski definition) is 0. The van der Waals surface area contributed by atoms with Crippen LogP contribution in [0, 0.1) is 0 Å². The number of thiophene rings is 1. The number of thiazole rings is 1. The molecule has 1 fully saturated rings. The van der Waals surface area contributed by atoms with Crippen LogP contribution in [0.15, 0.2) is 47.2 Å². The first-order valence-electron chi connectivity index (χ1n) is 12.6. The standard InChI is InChI=1S/C27H30N4O4S2/c1-3-30(18(2)32)19-11-14-29(16-19)12-7-13-31(26(34)23-10-6-15-36-23)27-28-21(17-37-27)25-24(33)20-8-4-5-9-22(20)35-25/h4-6,8-10,15,17,19,25H,3,7,11-14,16H2,1-2H3. The van der Waals surface area contributed by atoms with Gasteiger partial charge in [0.25, 0.3) is 5.91 Å². The van der Waals surface area contributed by atoms with E-state index in [1.54, 1.807) is 24.0 Å². The van der Waals surface area contributed by atoms with Gasteiger partial charge in [-0.05, 0) is 49.9 Å². The molecule has 2 unspecified atom stereocenters. The molecule has 8 nitrogen and oxygen atoms in total. The number of carbonyl (C=O) groups excluding carboxylic acids is 3. The summed E-state index contributed by atoms with van der Waals surface area (Å²) in [6.45, 7) is 7.51. The smallest absolute Gasteiger partial charge is 0.270 e. The first kappa shape index (κ1) is 25.6. The quantitative estimate of drug-likeness (QED) is 0.399. The van der Waals surface area contributed by atoms with Crippen molar-refractivity contribution in [3.05, 3.63) is 63.3 Å². The topological polar surface area (TPSA) is 83.1 Å². The first-order chi connectivity index (χ1) is 18.0. The number of ether oxygens (including phenoxy) is 1. The number of rotatable bonds is 9. The summed E-state index contributed by atoms with van der Waals surface area (Å²) in [6.07, 6.45) is 0.958. The van der Waals surface area contributed by atoms with Crippen LogP contribution >= 0.6 is 22.7 Å². The molecule has 0 saturated carbocycles. The molecule has 0 spiro atoms. The van der Waals surface area contributed by atoms with E-state index in [9.17, 15) is 14.4 Å². The zero-order chi connectivity index (χ0) is 25.9. The van der Waals surface area contributed by atoms with Gasteiger partial charge >= 0.3 is 0 Å². The van der Waals surface area contributed by atoms with E-state index in [0.717, 1.165) is 39.0 Å². The summed E-state index contributed by atoms with van der Waals surface area (Å²) < 4.78 is 5.89. The largest absolute Gasteiger partial charge is 0.475 e. The molecule has 2 amide bonds. The molecular weight excluding hydrogens is 508 g/mol. The fraction of sp³-hybridized carbons (Fsp3) is 0.407. The van der Waals surface area contributed by atoms with Gasteiger partial charge in [-0.1, -0.05) is 18.2 Å². The summed E-state index contributed by atoms with van der Waals surface area (Å²) in [5.74, 6) is 0.480. The second kappa shape index (κ2) is 11.1. The molecule has 0 radical (unpaired) electrons. The lowest BCUT2D eigenvalue weighted by atomic mass is 10.1. The number of aromatic nitrogens is 1. The van der Waals surface area contributed by atoms with Gasteiger partial charge in [-0.2, -0.15) is 0 Å². The maximum absolute atomic E-state index is 13.4. The molecule has 2 aromatic heterocycles. The molecule has 2 aliphatic heterocycles. The molecule has 3 aromatic rings. The van der Waals surface area contributed by atoms with Crippen LogP contribution in [0.25, 0.3) is 0 Å². The minimum absolute atomic E-state index is 0.0918. The molecule has 1 saturated heterocycles. The number of carbonyl (C=O) groups is 3. The van der Waals surface area contributed by atoms with Crippen molar-refractivity contribution in [3.8, 4) is 5.75 Å². The van der Waals surface area contributed by atoms with Crippen molar-refractivity contribution < 1.29 is 19.1 Å². The highest BCUT2D eigenvalue weighted by Crippen LogP contribution is 2.38. The first-order valence-corrected chi connectivity index (χ1v) is 14.3. The van der Waals surface area contributed by atoms with E-state index in [0.29, 0.717) is 33.6 Å². The van der Waals surface area contributed by atoms with E-state index in [1.165, 1.54) is 22.7 Å². The maximum Gasteiger partial charge on any atom is 0.270 e. The maximum atomic E-state index is 13.4. The SMILES string of the molecule is CCN(C(C)=O)C1CCN(CCCN(C(=O)c2cccs2)c2nc(C3Oc4ccccc4C3=O)cs2)C1. The number of hydrogen-bond acceptors (Lipinski definition) is 8. The number of nitrogens with zero attached hydrogens (tertiary/aromatic N) is 4. The van der Waals surface area contributed by atoms with Gasteiger partial charge in [-0.3, -0.25) is 19.3 Å². The third-order valence-electron chi connectivity index (χ3n) is 6.91. The Kier molecular flexibility index (Phi) is 7.68. The Labute approximate surface area is 224 Å². The lowest BCUT2D eigenvalue weighted by molar-refractivity contribution is -0.130. The summed E-state index contributed by atoms with van der Waals surface area (Å²) >= 11 is 2.76. The molecule has 0 bridgehead atoms. The van der Waals surface area contributed by atoms with Gasteiger partial charge in [-0.25, -0.2) is 4.98 Å². The summed E-state index contributed by atoms with van der Waals surface area (Å²) in [4.78, 5) is 49.6. The van der Waals surface area contributed by atoms with Gasteiger partial charge in [0.05, 0.1) is 10.4 Å². The van der Waals surface area contributed by atoms with E-state index >= 15 is 0 Å². The van der Waals surface area contributed by atoms with Crippen LogP contribution in [0.1, 0.15) is 58.5 Å². The Bertz CT molecular complexity index is 1270. The molecule has 10 heteroatoms. The molecule has 1 aromatic carbocycles. The van der Waals surface area contributed by atoms with Crippen LogP contribution in [0.5, 0.6) is 5.75 Å². The normalized spacial score (nSPS) is 19.0. The highest BCUT2D eigenvalue weighted by atomic mass is 32.1. The van der Waals surface area contributed by atoms with Crippen LogP contribution < -0.4 is 9.64 Å². The monoisotopic (exact) mass is 538 g/mol. The van der Waals surface area contributed by atoms with E-state index in [1.807, 2.05) is 46.8 Å². The number of likely N-dealkylation sites (N-methyl/N-ethyl adjacent to an activating group) is 1. The summed E-state index contributed by atoms with van der Waals surface area (Å²) in [5.41, 5.74) is 1.08. The Morgan fingerprint density at radius 1 is 1.19 bits per heavy atom. The van der Waals surface area contributed by atoms with Crippen LogP contribution in [-0.2, 0) is 4.79 Å². The Morgan fingerprint density at radius 3 is 2.76 bits per heavy atom. The fourth-order valence-corrected chi connectivity index (χ4v) is 6.62. The lowest BCUT2D eigenvalue weighted by Gasteiger charge is -2.27. The predicted molar refractivity (Wildman–Crippen MR) is 145 cm³/mol. The van der Waals surface area contributed by atoms with Crippen LogP contribution in [0.2, 0.25) is 0 Å². The van der Waals surface area contributed by atoms with Gasteiger partial charge < -0.3 is 14.5 Å². The molecular formula is C27H30N4O4S2. The molecule has 0 N–H and O–H groups in total. The highest BCUT2D eigenvalue weighted by Gasteiger charge is 2.36. The van der Waals surface area contributed by atoms with Gasteiger partial charge in [0.15, 0.2) is 5.13 Å². The third-order valence-corrected chi connectivity index (χ3v) is 8.65. The second-order valence-corrected chi connectivity index (χ2v) is 11.0. The van der Waals surface area contributed by atoms with Crippen LogP contribution in [-0.4, -0.2) is 71.1 Å². The second-order valence-electron chi connectivity index (χ2n) is 9.25. The lowest BCUT2D eigenvalue weighted by Crippen LogP contribution is -2.41. The van der Waals surface area contributed by atoms with Gasteiger partial charge in [0.2, 0.25) is 17.8 Å². The minimum Gasteiger partial charge on any atom is -0.475 e. The zero-order valence-corrected chi connectivity index (χ0v) is 22.6. The number of amides is 2. The number of Topliss-reactive ketones (excluding diaryl/α,β-unsaturated/α-hetero) is 1. The van der Waals surface area contributed by atoms with Crippen LogP contribution in [0.4, 0.5) is 5.13 Å². The Morgan fingerprint density at radius 2 is 2.03 bits per heavy atom. The molecule has 2 atom stereocenters. The molecule has 194 valence electrons. The van der Waals surface area contributed by atoms with Crippen molar-refractivity contribution in [2.75, 3.05) is 37.6 Å². The number of anilines is 1. The van der Waals surface area contributed by atoms with E-state index in [2.05, 4.69) is 4.90 Å². The van der Waals surface area contributed by atoms with E-state index in [-0.39, 0.29) is 23.6 Å². The zero-order valence-electron chi connectivity index (χ0n) is 21.0. The van der Waals surface area contributed by atoms with Crippen LogP contribution in [0.3, 0.4) is 0 Å². The fourth-order valence-electron chi connectivity index (χ4n) is 5.09. The number of benzene rings is 1. The van der Waals surface area contributed by atoms with E-state index in [4.69, 9.17) is 9.72 Å². The number of para-hydroxylation sites is 1. The predicted octanol–water partition coefficient (Wildman–Crippen LogP) is 4.50. The minimum atomic E-state index is -0.787. The van der Waals surface area contributed by atoms with Crippen molar-refractivity contribution in [1.29, 1.82) is 0 Å². The summed E-state index contributed by atoms with van der Waals surface area (Å²) in [7, 11) is 0. The molecule has 37 heavy (non-hydrogen) atoms. The summed E-state index contributed by atoms with van der Waals surface area (Å²) in [5, 5.41) is 4.26. The Hall–Kier alpha value is -3.08. The van der Waals surface area contributed by atoms with E-state index < -0.39 is 6.10 Å².